The van der Waals surface area contributed by atoms with Gasteiger partial charge in [-0.25, -0.2) is 4.98 Å². The van der Waals surface area contributed by atoms with E-state index in [2.05, 4.69) is 22.9 Å². The van der Waals surface area contributed by atoms with Crippen LogP contribution in [-0.4, -0.2) is 37.3 Å². The van der Waals surface area contributed by atoms with Crippen molar-refractivity contribution in [3.8, 4) is 0 Å². The molecule has 2 rings (SSSR count). The Bertz CT molecular complexity index is 329. The highest BCUT2D eigenvalue weighted by molar-refractivity contribution is 5.42. The molecule has 0 amide bonds. The molecule has 0 aromatic carbocycles. The number of hydrogen-bond acceptors (Lipinski definition) is 4. The molecule has 0 radical (unpaired) electrons. The molecule has 1 aliphatic heterocycles. The number of morpholine rings is 1. The summed E-state index contributed by atoms with van der Waals surface area (Å²) in [5.74, 6) is 1.01. The highest BCUT2D eigenvalue weighted by atomic mass is 16.5. The number of nitrogens with two attached hydrogens (primary N) is 1. The summed E-state index contributed by atoms with van der Waals surface area (Å²) in [6, 6.07) is 4.35. The first kappa shape index (κ1) is 10.4. The molecule has 4 nitrogen and oxygen atoms in total. The second-order valence-electron chi connectivity index (χ2n) is 3.85. The Hall–Kier alpha value is -1.13. The van der Waals surface area contributed by atoms with Gasteiger partial charge in [0.25, 0.3) is 0 Å². The lowest BCUT2D eigenvalue weighted by atomic mass is 10.2. The molecular weight excluding hydrogens is 190 g/mol. The van der Waals surface area contributed by atoms with Crippen LogP contribution in [0.3, 0.4) is 0 Å². The van der Waals surface area contributed by atoms with Crippen LogP contribution in [0.25, 0.3) is 0 Å². The van der Waals surface area contributed by atoms with Crippen LogP contribution in [0.5, 0.6) is 0 Å². The fourth-order valence-electron chi connectivity index (χ4n) is 1.83. The van der Waals surface area contributed by atoms with Crippen LogP contribution < -0.4 is 10.6 Å². The summed E-state index contributed by atoms with van der Waals surface area (Å²) in [6.07, 6.45) is 1.84. The molecule has 1 fully saturated rings. The molecule has 0 aliphatic carbocycles. The maximum absolute atomic E-state index is 5.72. The molecule has 0 saturated carbocycles. The van der Waals surface area contributed by atoms with E-state index in [0.717, 1.165) is 19.0 Å². The summed E-state index contributed by atoms with van der Waals surface area (Å²) >= 11 is 0. The zero-order valence-corrected chi connectivity index (χ0v) is 9.02. The fraction of sp³-hybridized carbons (Fsp3) is 0.545. The largest absolute Gasteiger partial charge is 0.377 e. The van der Waals surface area contributed by atoms with E-state index in [0.29, 0.717) is 13.2 Å². The molecule has 4 heteroatoms. The average molecular weight is 207 g/mol. The lowest BCUT2D eigenvalue weighted by Crippen LogP contribution is -2.49. The first-order valence-electron chi connectivity index (χ1n) is 5.28. The first-order chi connectivity index (χ1) is 7.31. The number of ether oxygens (including phenoxy) is 1. The van der Waals surface area contributed by atoms with E-state index in [1.165, 1.54) is 5.56 Å². The maximum atomic E-state index is 5.72. The molecule has 1 atom stereocenters. The number of anilines is 1. The molecule has 15 heavy (non-hydrogen) atoms. The zero-order valence-electron chi connectivity index (χ0n) is 9.02. The quantitative estimate of drug-likeness (QED) is 0.769. The molecule has 1 aromatic rings. The minimum atomic E-state index is 0.257. The van der Waals surface area contributed by atoms with E-state index >= 15 is 0 Å². The van der Waals surface area contributed by atoms with Gasteiger partial charge in [-0.1, -0.05) is 0 Å². The topological polar surface area (TPSA) is 51.4 Å². The zero-order chi connectivity index (χ0) is 10.7. The van der Waals surface area contributed by atoms with E-state index in [1.54, 1.807) is 0 Å². The van der Waals surface area contributed by atoms with Crippen LogP contribution in [0.2, 0.25) is 0 Å². The summed E-state index contributed by atoms with van der Waals surface area (Å²) in [7, 11) is 0. The van der Waals surface area contributed by atoms with Crippen molar-refractivity contribution in [1.82, 2.24) is 4.98 Å². The van der Waals surface area contributed by atoms with Crippen LogP contribution in [0.15, 0.2) is 18.3 Å². The Morgan fingerprint density at radius 1 is 1.67 bits per heavy atom. The SMILES string of the molecule is Cc1ccnc(N2CCOCC2CN)c1. The predicted octanol–water partition coefficient (Wildman–Crippen LogP) is 0.554. The van der Waals surface area contributed by atoms with E-state index in [9.17, 15) is 0 Å². The van der Waals surface area contributed by atoms with Crippen molar-refractivity contribution in [2.75, 3.05) is 31.2 Å². The van der Waals surface area contributed by atoms with Gasteiger partial charge >= 0.3 is 0 Å². The second kappa shape index (κ2) is 4.59. The van der Waals surface area contributed by atoms with Gasteiger partial charge in [0.15, 0.2) is 0 Å². The van der Waals surface area contributed by atoms with Gasteiger partial charge in [-0.05, 0) is 24.6 Å². The Kier molecular flexibility index (Phi) is 3.18. The van der Waals surface area contributed by atoms with Crippen LogP contribution >= 0.6 is 0 Å². The third kappa shape index (κ3) is 2.27. The van der Waals surface area contributed by atoms with E-state index in [1.807, 2.05) is 12.3 Å². The van der Waals surface area contributed by atoms with Gasteiger partial charge in [0.2, 0.25) is 0 Å². The van der Waals surface area contributed by atoms with Gasteiger partial charge in [-0.15, -0.1) is 0 Å². The van der Waals surface area contributed by atoms with Crippen molar-refractivity contribution in [3.63, 3.8) is 0 Å². The number of hydrogen-bond donors (Lipinski definition) is 1. The van der Waals surface area contributed by atoms with Crippen molar-refractivity contribution in [2.45, 2.75) is 13.0 Å². The smallest absolute Gasteiger partial charge is 0.129 e. The van der Waals surface area contributed by atoms with E-state index in [-0.39, 0.29) is 6.04 Å². The van der Waals surface area contributed by atoms with E-state index < -0.39 is 0 Å². The Morgan fingerprint density at radius 2 is 2.53 bits per heavy atom. The maximum Gasteiger partial charge on any atom is 0.129 e. The van der Waals surface area contributed by atoms with Crippen molar-refractivity contribution in [2.24, 2.45) is 5.73 Å². The Labute approximate surface area is 90.0 Å². The summed E-state index contributed by atoms with van der Waals surface area (Å²) in [6.45, 7) is 5.01. The molecule has 1 aromatic heterocycles. The highest BCUT2D eigenvalue weighted by Crippen LogP contribution is 2.17. The normalized spacial score (nSPS) is 21.7. The highest BCUT2D eigenvalue weighted by Gasteiger charge is 2.22. The van der Waals surface area contributed by atoms with Crippen molar-refractivity contribution in [3.05, 3.63) is 23.9 Å². The summed E-state index contributed by atoms with van der Waals surface area (Å²) in [5, 5.41) is 0. The molecule has 2 N–H and O–H groups in total. The van der Waals surface area contributed by atoms with Crippen LogP contribution in [0.1, 0.15) is 5.56 Å². The van der Waals surface area contributed by atoms with Gasteiger partial charge in [0.1, 0.15) is 5.82 Å². The van der Waals surface area contributed by atoms with E-state index in [4.69, 9.17) is 10.5 Å². The average Bonchev–Trinajstić information content (AvgIpc) is 2.29. The van der Waals surface area contributed by atoms with Crippen LogP contribution in [0.4, 0.5) is 5.82 Å². The van der Waals surface area contributed by atoms with Gasteiger partial charge in [-0.3, -0.25) is 0 Å². The second-order valence-corrected chi connectivity index (χ2v) is 3.85. The number of nitrogens with zero attached hydrogens (tertiary/aromatic N) is 2. The van der Waals surface area contributed by atoms with Gasteiger partial charge in [0, 0.05) is 19.3 Å². The molecule has 0 bridgehead atoms. The predicted molar refractivity (Wildman–Crippen MR) is 60.0 cm³/mol. The third-order valence-electron chi connectivity index (χ3n) is 2.69. The number of rotatable bonds is 2. The first-order valence-corrected chi connectivity index (χ1v) is 5.28. The summed E-state index contributed by atoms with van der Waals surface area (Å²) in [5.41, 5.74) is 6.94. The van der Waals surface area contributed by atoms with Gasteiger partial charge < -0.3 is 15.4 Å². The van der Waals surface area contributed by atoms with Crippen LogP contribution in [-0.2, 0) is 4.74 Å². The fourth-order valence-corrected chi connectivity index (χ4v) is 1.83. The Balaban J connectivity index is 2.20. The summed E-state index contributed by atoms with van der Waals surface area (Å²) in [4.78, 5) is 6.61. The molecular formula is C11H17N3O. The van der Waals surface area contributed by atoms with Crippen molar-refractivity contribution < 1.29 is 4.74 Å². The lowest BCUT2D eigenvalue weighted by Gasteiger charge is -2.35. The standard InChI is InChI=1S/C11H17N3O/c1-9-2-3-13-11(6-9)14-4-5-15-8-10(14)7-12/h2-3,6,10H,4-5,7-8,12H2,1H3. The van der Waals surface area contributed by atoms with Crippen LogP contribution in [0, 0.1) is 6.92 Å². The van der Waals surface area contributed by atoms with Crippen molar-refractivity contribution in [1.29, 1.82) is 0 Å². The minimum absolute atomic E-state index is 0.257. The summed E-state index contributed by atoms with van der Waals surface area (Å²) < 4.78 is 5.41. The minimum Gasteiger partial charge on any atom is -0.377 e. The molecule has 0 spiro atoms. The number of aromatic nitrogens is 1. The van der Waals surface area contributed by atoms with Gasteiger partial charge in [0.05, 0.1) is 19.3 Å². The third-order valence-corrected chi connectivity index (χ3v) is 2.69. The van der Waals surface area contributed by atoms with Gasteiger partial charge in [-0.2, -0.15) is 0 Å². The molecule has 1 unspecified atom stereocenters. The monoisotopic (exact) mass is 207 g/mol. The molecule has 2 heterocycles. The number of pyridine rings is 1. The molecule has 1 saturated heterocycles. The Morgan fingerprint density at radius 3 is 3.27 bits per heavy atom. The molecule has 1 aliphatic rings. The lowest BCUT2D eigenvalue weighted by molar-refractivity contribution is 0.0958. The number of aryl methyl sites for hydroxylation is 1. The molecule has 82 valence electrons. The van der Waals surface area contributed by atoms with Crippen molar-refractivity contribution >= 4 is 5.82 Å².